The standard InChI is InChI=1S/C14H20F2N2.2ClH/c1-10-3-4-11(2)12(9-10)13(14(15)16)18-7-5-17-6-8-18;;/h3-4,9,13-14,17H,5-8H2,1-2H3;2*1H/t13-;;/m0../s1. The summed E-state index contributed by atoms with van der Waals surface area (Å²) in [7, 11) is 0. The monoisotopic (exact) mass is 326 g/mol. The maximum Gasteiger partial charge on any atom is 0.258 e. The summed E-state index contributed by atoms with van der Waals surface area (Å²) >= 11 is 0. The molecule has 2 nitrogen and oxygen atoms in total. The normalized spacial score (nSPS) is 17.2. The van der Waals surface area contributed by atoms with Gasteiger partial charge in [0.05, 0.1) is 6.04 Å². The summed E-state index contributed by atoms with van der Waals surface area (Å²) in [6.45, 7) is 6.79. The predicted molar refractivity (Wildman–Crippen MR) is 83.6 cm³/mol. The highest BCUT2D eigenvalue weighted by atomic mass is 35.5. The summed E-state index contributed by atoms with van der Waals surface area (Å²) < 4.78 is 26.8. The first kappa shape index (κ1) is 19.6. The number of hydrogen-bond donors (Lipinski definition) is 1. The molecule has 116 valence electrons. The van der Waals surface area contributed by atoms with Gasteiger partial charge >= 0.3 is 0 Å². The summed E-state index contributed by atoms with van der Waals surface area (Å²) in [6.07, 6.45) is -2.34. The molecule has 0 aliphatic carbocycles. The molecule has 1 aliphatic heterocycles. The quantitative estimate of drug-likeness (QED) is 0.916. The van der Waals surface area contributed by atoms with Gasteiger partial charge in [-0.05, 0) is 25.0 Å². The Morgan fingerprint density at radius 1 is 1.10 bits per heavy atom. The van der Waals surface area contributed by atoms with E-state index < -0.39 is 12.5 Å². The zero-order valence-electron chi connectivity index (χ0n) is 11.7. The molecular weight excluding hydrogens is 305 g/mol. The maximum absolute atomic E-state index is 13.4. The van der Waals surface area contributed by atoms with Crippen molar-refractivity contribution in [3.63, 3.8) is 0 Å². The van der Waals surface area contributed by atoms with Gasteiger partial charge in [0, 0.05) is 26.2 Å². The zero-order valence-corrected chi connectivity index (χ0v) is 13.4. The van der Waals surface area contributed by atoms with Crippen LogP contribution in [0.1, 0.15) is 22.7 Å². The van der Waals surface area contributed by atoms with E-state index in [4.69, 9.17) is 0 Å². The highest BCUT2D eigenvalue weighted by Gasteiger charge is 2.31. The van der Waals surface area contributed by atoms with E-state index in [0.29, 0.717) is 13.1 Å². The summed E-state index contributed by atoms with van der Waals surface area (Å²) in [5.74, 6) is 0. The van der Waals surface area contributed by atoms with E-state index in [1.54, 1.807) is 0 Å². The van der Waals surface area contributed by atoms with Gasteiger partial charge in [-0.2, -0.15) is 0 Å². The van der Waals surface area contributed by atoms with Gasteiger partial charge < -0.3 is 5.32 Å². The number of nitrogens with zero attached hydrogens (tertiary/aromatic N) is 1. The lowest BCUT2D eigenvalue weighted by atomic mass is 9.97. The second-order valence-corrected chi connectivity index (χ2v) is 4.93. The van der Waals surface area contributed by atoms with Crippen LogP contribution in [0.15, 0.2) is 18.2 Å². The number of aryl methyl sites for hydroxylation is 2. The molecular formula is C14H22Cl2F2N2. The topological polar surface area (TPSA) is 15.3 Å². The molecule has 20 heavy (non-hydrogen) atoms. The van der Waals surface area contributed by atoms with Gasteiger partial charge in [0.25, 0.3) is 6.43 Å². The van der Waals surface area contributed by atoms with Crippen LogP contribution in [-0.4, -0.2) is 37.5 Å². The van der Waals surface area contributed by atoms with Gasteiger partial charge in [-0.15, -0.1) is 24.8 Å². The number of piperazine rings is 1. The van der Waals surface area contributed by atoms with Crippen LogP contribution in [0.5, 0.6) is 0 Å². The number of nitrogens with one attached hydrogen (secondary N) is 1. The Morgan fingerprint density at radius 3 is 2.25 bits per heavy atom. The van der Waals surface area contributed by atoms with Gasteiger partial charge in [-0.25, -0.2) is 8.78 Å². The molecule has 0 spiro atoms. The van der Waals surface area contributed by atoms with Crippen molar-refractivity contribution in [3.05, 3.63) is 34.9 Å². The molecule has 1 atom stereocenters. The summed E-state index contributed by atoms with van der Waals surface area (Å²) in [4.78, 5) is 1.89. The minimum absolute atomic E-state index is 0. The van der Waals surface area contributed by atoms with E-state index in [0.717, 1.165) is 29.8 Å². The first-order chi connectivity index (χ1) is 8.59. The molecule has 0 bridgehead atoms. The van der Waals surface area contributed by atoms with Gasteiger partial charge in [0.2, 0.25) is 0 Å². The van der Waals surface area contributed by atoms with Crippen molar-refractivity contribution in [2.75, 3.05) is 26.2 Å². The molecule has 1 heterocycles. The van der Waals surface area contributed by atoms with Crippen molar-refractivity contribution in [1.82, 2.24) is 10.2 Å². The predicted octanol–water partition coefficient (Wildman–Crippen LogP) is 3.36. The third-order valence-electron chi connectivity index (χ3n) is 3.54. The average molecular weight is 327 g/mol. The first-order valence-electron chi connectivity index (χ1n) is 6.39. The van der Waals surface area contributed by atoms with Crippen molar-refractivity contribution < 1.29 is 8.78 Å². The number of rotatable bonds is 3. The van der Waals surface area contributed by atoms with Crippen molar-refractivity contribution >= 4 is 24.8 Å². The largest absolute Gasteiger partial charge is 0.314 e. The number of benzene rings is 1. The Kier molecular flexibility index (Phi) is 8.59. The summed E-state index contributed by atoms with van der Waals surface area (Å²) in [6, 6.07) is 5.03. The smallest absolute Gasteiger partial charge is 0.258 e. The number of alkyl halides is 2. The van der Waals surface area contributed by atoms with E-state index in [9.17, 15) is 8.78 Å². The van der Waals surface area contributed by atoms with Crippen molar-refractivity contribution in [2.24, 2.45) is 0 Å². The fraction of sp³-hybridized carbons (Fsp3) is 0.571. The van der Waals surface area contributed by atoms with Crippen LogP contribution >= 0.6 is 24.8 Å². The fourth-order valence-electron chi connectivity index (χ4n) is 2.53. The van der Waals surface area contributed by atoms with Crippen molar-refractivity contribution in [3.8, 4) is 0 Å². The van der Waals surface area contributed by atoms with Crippen LogP contribution in [0.3, 0.4) is 0 Å². The first-order valence-corrected chi connectivity index (χ1v) is 6.39. The molecule has 0 amide bonds. The van der Waals surface area contributed by atoms with Crippen LogP contribution in [0.4, 0.5) is 8.78 Å². The van der Waals surface area contributed by atoms with E-state index in [-0.39, 0.29) is 24.8 Å². The molecule has 6 heteroatoms. The van der Waals surface area contributed by atoms with Crippen molar-refractivity contribution in [2.45, 2.75) is 26.3 Å². The third-order valence-corrected chi connectivity index (χ3v) is 3.54. The van der Waals surface area contributed by atoms with Crippen LogP contribution in [0, 0.1) is 13.8 Å². The van der Waals surface area contributed by atoms with Crippen LogP contribution in [0.2, 0.25) is 0 Å². The number of halogens is 4. The second-order valence-electron chi connectivity index (χ2n) is 4.93. The SMILES string of the molecule is Cc1ccc(C)c([C@@H](C(F)F)N2CCNCC2)c1.Cl.Cl. The Bertz CT molecular complexity index is 410. The minimum atomic E-state index is -2.34. The average Bonchev–Trinajstić information content (AvgIpc) is 2.35. The minimum Gasteiger partial charge on any atom is -0.314 e. The molecule has 1 aromatic carbocycles. The molecule has 0 radical (unpaired) electrons. The molecule has 1 saturated heterocycles. The van der Waals surface area contributed by atoms with Gasteiger partial charge in [-0.1, -0.05) is 23.8 Å². The van der Waals surface area contributed by atoms with Gasteiger partial charge in [0.15, 0.2) is 0 Å². The number of hydrogen-bond acceptors (Lipinski definition) is 2. The molecule has 0 aromatic heterocycles. The van der Waals surface area contributed by atoms with E-state index >= 15 is 0 Å². The highest BCUT2D eigenvalue weighted by Crippen LogP contribution is 2.30. The molecule has 2 rings (SSSR count). The molecule has 0 saturated carbocycles. The van der Waals surface area contributed by atoms with E-state index in [1.807, 2.05) is 36.9 Å². The Balaban J connectivity index is 0.00000180. The van der Waals surface area contributed by atoms with Crippen molar-refractivity contribution in [1.29, 1.82) is 0 Å². The summed E-state index contributed by atoms with van der Waals surface area (Å²) in [5, 5.41) is 3.20. The Hall–Kier alpha value is -0.420. The molecule has 1 fully saturated rings. The Morgan fingerprint density at radius 2 is 1.70 bits per heavy atom. The lowest BCUT2D eigenvalue weighted by Crippen LogP contribution is -2.47. The molecule has 1 aliphatic rings. The Labute approximate surface area is 131 Å². The second kappa shape index (κ2) is 8.78. The van der Waals surface area contributed by atoms with Crippen LogP contribution in [-0.2, 0) is 0 Å². The zero-order chi connectivity index (χ0) is 13.1. The maximum atomic E-state index is 13.4. The van der Waals surface area contributed by atoms with E-state index in [2.05, 4.69) is 5.32 Å². The lowest BCUT2D eigenvalue weighted by Gasteiger charge is -2.35. The van der Waals surface area contributed by atoms with Crippen LogP contribution < -0.4 is 5.32 Å². The molecule has 0 unspecified atom stereocenters. The van der Waals surface area contributed by atoms with Gasteiger partial charge in [0.1, 0.15) is 0 Å². The lowest BCUT2D eigenvalue weighted by molar-refractivity contribution is 0.0178. The summed E-state index contributed by atoms with van der Waals surface area (Å²) in [5.41, 5.74) is 2.76. The van der Waals surface area contributed by atoms with Crippen LogP contribution in [0.25, 0.3) is 0 Å². The molecule has 1 N–H and O–H groups in total. The fourth-order valence-corrected chi connectivity index (χ4v) is 2.53. The van der Waals surface area contributed by atoms with E-state index in [1.165, 1.54) is 0 Å². The third kappa shape index (κ3) is 4.55. The highest BCUT2D eigenvalue weighted by molar-refractivity contribution is 5.85. The van der Waals surface area contributed by atoms with Gasteiger partial charge in [-0.3, -0.25) is 4.90 Å². The molecule has 1 aromatic rings.